The van der Waals surface area contributed by atoms with Crippen LogP contribution in [0.25, 0.3) is 0 Å². The zero-order valence-corrected chi connectivity index (χ0v) is 11.5. The van der Waals surface area contributed by atoms with E-state index in [9.17, 15) is 4.79 Å². The second kappa shape index (κ2) is 5.01. The Kier molecular flexibility index (Phi) is 3.60. The third-order valence-electron chi connectivity index (χ3n) is 3.95. The minimum Gasteiger partial charge on any atom is -0.398 e. The Morgan fingerprint density at radius 3 is 2.56 bits per heavy atom. The number of benzene rings is 1. The molecule has 0 bridgehead atoms. The molecule has 0 unspecified atom stereocenters. The van der Waals surface area contributed by atoms with Crippen molar-refractivity contribution < 1.29 is 4.79 Å². The minimum absolute atomic E-state index is 0.0890. The van der Waals surface area contributed by atoms with E-state index in [2.05, 4.69) is 0 Å². The van der Waals surface area contributed by atoms with E-state index in [1.807, 2.05) is 37.9 Å². The molecule has 1 fully saturated rings. The first kappa shape index (κ1) is 12.9. The van der Waals surface area contributed by atoms with Gasteiger partial charge in [0.15, 0.2) is 0 Å². The van der Waals surface area contributed by atoms with Crippen LogP contribution in [0.2, 0.25) is 0 Å². The van der Waals surface area contributed by atoms with E-state index in [1.54, 1.807) is 0 Å². The molecule has 0 aromatic heterocycles. The second-order valence-corrected chi connectivity index (χ2v) is 5.51. The molecule has 1 aromatic carbocycles. The quantitative estimate of drug-likeness (QED) is 0.834. The van der Waals surface area contributed by atoms with Crippen LogP contribution in [0, 0.1) is 19.8 Å². The van der Waals surface area contributed by atoms with Crippen LogP contribution in [0.5, 0.6) is 0 Å². The summed E-state index contributed by atoms with van der Waals surface area (Å²) in [4.78, 5) is 14.2. The van der Waals surface area contributed by atoms with Crippen molar-refractivity contribution in [1.82, 2.24) is 4.90 Å². The predicted octanol–water partition coefficient (Wildman–Crippen LogP) is 2.76. The molecule has 2 N–H and O–H groups in total. The Labute approximate surface area is 109 Å². The SMILES string of the molecule is Cc1cc(C)c(C(=O)N(C)CC2CCC2)cc1N. The average molecular weight is 246 g/mol. The van der Waals surface area contributed by atoms with E-state index < -0.39 is 0 Å². The number of aryl methyl sites for hydroxylation is 2. The summed E-state index contributed by atoms with van der Waals surface area (Å²) < 4.78 is 0. The van der Waals surface area contributed by atoms with Crippen LogP contribution in [0.4, 0.5) is 5.69 Å². The normalized spacial score (nSPS) is 15.3. The number of hydrogen-bond acceptors (Lipinski definition) is 2. The number of nitrogens with two attached hydrogens (primary N) is 1. The van der Waals surface area contributed by atoms with Crippen molar-refractivity contribution in [1.29, 1.82) is 0 Å². The molecule has 0 spiro atoms. The molecule has 1 amide bonds. The highest BCUT2D eigenvalue weighted by molar-refractivity contribution is 5.96. The van der Waals surface area contributed by atoms with Gasteiger partial charge in [-0.3, -0.25) is 4.79 Å². The van der Waals surface area contributed by atoms with Crippen LogP contribution in [-0.2, 0) is 0 Å². The van der Waals surface area contributed by atoms with Crippen molar-refractivity contribution in [3.63, 3.8) is 0 Å². The molecular formula is C15H22N2O. The Morgan fingerprint density at radius 2 is 2.00 bits per heavy atom. The monoisotopic (exact) mass is 246 g/mol. The van der Waals surface area contributed by atoms with Crippen LogP contribution >= 0.6 is 0 Å². The van der Waals surface area contributed by atoms with Gasteiger partial charge in [-0.25, -0.2) is 0 Å². The maximum Gasteiger partial charge on any atom is 0.253 e. The highest BCUT2D eigenvalue weighted by Crippen LogP contribution is 2.27. The lowest BCUT2D eigenvalue weighted by atomic mass is 9.85. The summed E-state index contributed by atoms with van der Waals surface area (Å²) in [5.41, 5.74) is 9.37. The molecule has 0 radical (unpaired) electrons. The van der Waals surface area contributed by atoms with Gasteiger partial charge in [0.1, 0.15) is 0 Å². The fraction of sp³-hybridized carbons (Fsp3) is 0.533. The summed E-state index contributed by atoms with van der Waals surface area (Å²) in [5.74, 6) is 0.785. The number of nitrogens with zero attached hydrogens (tertiary/aromatic N) is 1. The number of hydrogen-bond donors (Lipinski definition) is 1. The molecular weight excluding hydrogens is 224 g/mol. The van der Waals surface area contributed by atoms with Crippen molar-refractivity contribution in [2.45, 2.75) is 33.1 Å². The van der Waals surface area contributed by atoms with Gasteiger partial charge in [-0.1, -0.05) is 12.5 Å². The highest BCUT2D eigenvalue weighted by Gasteiger charge is 2.22. The molecule has 98 valence electrons. The first-order valence-electron chi connectivity index (χ1n) is 6.61. The summed E-state index contributed by atoms with van der Waals surface area (Å²) in [5, 5.41) is 0. The molecule has 3 heteroatoms. The zero-order valence-electron chi connectivity index (χ0n) is 11.5. The smallest absolute Gasteiger partial charge is 0.253 e. The largest absolute Gasteiger partial charge is 0.398 e. The predicted molar refractivity (Wildman–Crippen MR) is 74.6 cm³/mol. The van der Waals surface area contributed by atoms with Gasteiger partial charge in [-0.2, -0.15) is 0 Å². The summed E-state index contributed by atoms with van der Waals surface area (Å²) in [6, 6.07) is 3.80. The molecule has 3 nitrogen and oxygen atoms in total. The van der Waals surface area contributed by atoms with Crippen molar-refractivity contribution >= 4 is 11.6 Å². The first-order chi connectivity index (χ1) is 8.49. The first-order valence-corrected chi connectivity index (χ1v) is 6.61. The third-order valence-corrected chi connectivity index (χ3v) is 3.95. The van der Waals surface area contributed by atoms with Gasteiger partial charge >= 0.3 is 0 Å². The molecule has 0 heterocycles. The van der Waals surface area contributed by atoms with E-state index in [0.29, 0.717) is 11.6 Å². The van der Waals surface area contributed by atoms with E-state index >= 15 is 0 Å². The fourth-order valence-corrected chi connectivity index (χ4v) is 2.45. The average Bonchev–Trinajstić information content (AvgIpc) is 2.27. The van der Waals surface area contributed by atoms with E-state index in [4.69, 9.17) is 5.73 Å². The second-order valence-electron chi connectivity index (χ2n) is 5.51. The lowest BCUT2D eigenvalue weighted by molar-refractivity contribution is 0.0744. The Hall–Kier alpha value is -1.51. The molecule has 1 aromatic rings. The third kappa shape index (κ3) is 2.50. The fourth-order valence-electron chi connectivity index (χ4n) is 2.45. The van der Waals surface area contributed by atoms with Gasteiger partial charge in [0.25, 0.3) is 5.91 Å². The molecule has 0 saturated heterocycles. The number of anilines is 1. The molecule has 18 heavy (non-hydrogen) atoms. The van der Waals surface area contributed by atoms with Gasteiger partial charge in [-0.15, -0.1) is 0 Å². The lowest BCUT2D eigenvalue weighted by Crippen LogP contribution is -2.34. The highest BCUT2D eigenvalue weighted by atomic mass is 16.2. The van der Waals surface area contributed by atoms with E-state index in [-0.39, 0.29) is 5.91 Å². The van der Waals surface area contributed by atoms with Crippen LogP contribution in [-0.4, -0.2) is 24.4 Å². The number of carbonyl (C=O) groups is 1. The zero-order chi connectivity index (χ0) is 13.3. The summed E-state index contributed by atoms with van der Waals surface area (Å²) in [6.07, 6.45) is 3.82. The number of rotatable bonds is 3. The molecule has 1 aliphatic carbocycles. The van der Waals surface area contributed by atoms with Crippen LogP contribution in [0.3, 0.4) is 0 Å². The molecule has 1 saturated carbocycles. The summed E-state index contributed by atoms with van der Waals surface area (Å²) >= 11 is 0. The van der Waals surface area contributed by atoms with E-state index in [0.717, 1.165) is 23.2 Å². The number of amides is 1. The van der Waals surface area contributed by atoms with Crippen LogP contribution in [0.1, 0.15) is 40.7 Å². The van der Waals surface area contributed by atoms with Gasteiger partial charge in [0.05, 0.1) is 0 Å². The molecule has 1 aliphatic rings. The Morgan fingerprint density at radius 1 is 1.33 bits per heavy atom. The van der Waals surface area contributed by atoms with Gasteiger partial charge in [0.2, 0.25) is 0 Å². The van der Waals surface area contributed by atoms with E-state index in [1.165, 1.54) is 19.3 Å². The van der Waals surface area contributed by atoms with Crippen molar-refractivity contribution in [3.8, 4) is 0 Å². The standard InChI is InChI=1S/C15H22N2O/c1-10-7-11(2)14(16)8-13(10)15(18)17(3)9-12-5-4-6-12/h7-8,12H,4-6,9,16H2,1-3H3. The maximum absolute atomic E-state index is 12.4. The Bertz CT molecular complexity index is 464. The van der Waals surface area contributed by atoms with Crippen molar-refractivity contribution in [2.24, 2.45) is 5.92 Å². The van der Waals surface area contributed by atoms with Crippen molar-refractivity contribution in [3.05, 3.63) is 28.8 Å². The van der Waals surface area contributed by atoms with Gasteiger partial charge in [0, 0.05) is 24.8 Å². The number of carbonyl (C=O) groups excluding carboxylic acids is 1. The summed E-state index contributed by atoms with van der Waals surface area (Å²) in [6.45, 7) is 4.80. The lowest BCUT2D eigenvalue weighted by Gasteiger charge is -2.30. The van der Waals surface area contributed by atoms with Gasteiger partial charge < -0.3 is 10.6 Å². The van der Waals surface area contributed by atoms with Crippen LogP contribution < -0.4 is 5.73 Å². The minimum atomic E-state index is 0.0890. The summed E-state index contributed by atoms with van der Waals surface area (Å²) in [7, 11) is 1.89. The number of nitrogen functional groups attached to an aromatic ring is 1. The van der Waals surface area contributed by atoms with Gasteiger partial charge in [-0.05, 0) is 49.8 Å². The Balaban J connectivity index is 2.14. The molecule has 2 rings (SSSR count). The topological polar surface area (TPSA) is 46.3 Å². The van der Waals surface area contributed by atoms with Crippen LogP contribution in [0.15, 0.2) is 12.1 Å². The van der Waals surface area contributed by atoms with Crippen molar-refractivity contribution in [2.75, 3.05) is 19.3 Å². The molecule has 0 aliphatic heterocycles. The maximum atomic E-state index is 12.4. The molecule has 0 atom stereocenters.